The van der Waals surface area contributed by atoms with Gasteiger partial charge < -0.3 is 65.0 Å². The van der Waals surface area contributed by atoms with Crippen LogP contribution in [0.15, 0.2) is 109 Å². The highest BCUT2D eigenvalue weighted by Gasteiger charge is 2.50. The summed E-state index contributed by atoms with van der Waals surface area (Å²) in [5.41, 5.74) is 5.54. The second kappa shape index (κ2) is 29.3. The fourth-order valence-corrected chi connectivity index (χ4v) is 11.6. The summed E-state index contributed by atoms with van der Waals surface area (Å²) in [5, 5.41) is 49.1. The zero-order chi connectivity index (χ0) is 64.2. The Hall–Kier alpha value is -9.75. The number of ether oxygens (including phenoxy) is 5. The molecule has 1 aliphatic carbocycles. The monoisotopic (exact) mass is 1250 g/mol. The number of phenolic OH excluding ortho intramolecular Hbond substituents is 1. The number of aromatic nitrogens is 3. The second-order valence-electron chi connectivity index (χ2n) is 22.4. The average Bonchev–Trinajstić information content (AvgIpc) is 1.66. The number of nitrogens with one attached hydrogen (secondary N) is 4. The summed E-state index contributed by atoms with van der Waals surface area (Å²) in [5.74, 6) is -8.66. The van der Waals surface area contributed by atoms with E-state index in [0.717, 1.165) is 27.2 Å². The molecule has 25 nitrogen and oxygen atoms in total. The van der Waals surface area contributed by atoms with Gasteiger partial charge in [0.15, 0.2) is 5.78 Å². The number of halogens is 2. The Labute approximate surface area is 520 Å². The summed E-state index contributed by atoms with van der Waals surface area (Å²) in [7, 11) is 0. The van der Waals surface area contributed by atoms with Gasteiger partial charge in [-0.3, -0.25) is 33.6 Å². The number of carbonyl (C=O) groups excluding carboxylic acids is 7. The number of rotatable bonds is 28. The van der Waals surface area contributed by atoms with Crippen molar-refractivity contribution in [2.45, 2.75) is 69.2 Å². The maximum atomic E-state index is 14.0. The highest BCUT2D eigenvalue weighted by atomic mass is 19.3. The van der Waals surface area contributed by atoms with Gasteiger partial charge in [-0.15, -0.1) is 5.10 Å². The second-order valence-corrected chi connectivity index (χ2v) is 22.4. The molecule has 0 saturated carbocycles. The van der Waals surface area contributed by atoms with Crippen molar-refractivity contribution in [1.82, 2.24) is 46.1 Å². The van der Waals surface area contributed by atoms with Crippen LogP contribution < -0.4 is 26.0 Å². The van der Waals surface area contributed by atoms with E-state index in [1.54, 1.807) is 64.3 Å². The summed E-state index contributed by atoms with van der Waals surface area (Å²) in [6, 6.07) is 20.9. The number of aromatic carboxylic acids is 1. The SMILES string of the molecule is N#C[C@@H]1CC(F)(F)CN1C(=O)[C@@H]1C[C@@H](CC(=O)N2Cc3cccc(Cn4cc(-c5ccc(C(=O)NCCNC(=O)CCOCCOCCOCCOCCNC(=O)c6ccc(C7c8ccc(O)cc8OC8=CC(=O)C=CC87)c(C(=O)O)c6)cc5)nn4)c3C2)C(=O)N1. The number of hydrogen-bond acceptors (Lipinski definition) is 17. The van der Waals surface area contributed by atoms with Crippen LogP contribution in [0.2, 0.25) is 0 Å². The molecule has 5 aliphatic rings. The van der Waals surface area contributed by atoms with E-state index >= 15 is 0 Å². The summed E-state index contributed by atoms with van der Waals surface area (Å²) < 4.78 is 57.7. The number of carbonyl (C=O) groups is 8. The molecule has 6 amide bonds. The highest BCUT2D eigenvalue weighted by molar-refractivity contribution is 6.01. The molecule has 4 aliphatic heterocycles. The van der Waals surface area contributed by atoms with Crippen molar-refractivity contribution in [1.29, 1.82) is 5.26 Å². The number of aromatic hydroxyl groups is 1. The Morgan fingerprint density at radius 2 is 1.51 bits per heavy atom. The quantitative estimate of drug-likeness (QED) is 0.0388. The minimum absolute atomic E-state index is 0.0405. The first-order valence-electron chi connectivity index (χ1n) is 29.6. The number of ketones is 1. The van der Waals surface area contributed by atoms with Gasteiger partial charge in [0.2, 0.25) is 23.6 Å². The Kier molecular flexibility index (Phi) is 20.7. The third kappa shape index (κ3) is 16.0. The fourth-order valence-electron chi connectivity index (χ4n) is 11.6. The summed E-state index contributed by atoms with van der Waals surface area (Å²) >= 11 is 0. The molecule has 2 unspecified atom stereocenters. The van der Waals surface area contributed by atoms with Crippen LogP contribution in [0, 0.1) is 23.2 Å². The molecular formula is C64H66F2N10O15. The summed E-state index contributed by atoms with van der Waals surface area (Å²) in [6.07, 6.45) is 5.32. The maximum Gasteiger partial charge on any atom is 0.336 e. The molecule has 476 valence electrons. The topological polar surface area (TPSA) is 332 Å². The van der Waals surface area contributed by atoms with E-state index < -0.39 is 72.4 Å². The van der Waals surface area contributed by atoms with Gasteiger partial charge in [-0.1, -0.05) is 53.8 Å². The number of allylic oxidation sites excluding steroid dienone is 3. The zero-order valence-electron chi connectivity index (χ0n) is 49.3. The van der Waals surface area contributed by atoms with Crippen LogP contribution in [-0.4, -0.2) is 179 Å². The molecule has 91 heavy (non-hydrogen) atoms. The summed E-state index contributed by atoms with van der Waals surface area (Å²) in [4.78, 5) is 105. The predicted molar refractivity (Wildman–Crippen MR) is 316 cm³/mol. The molecule has 5 aromatic rings. The van der Waals surface area contributed by atoms with E-state index in [9.17, 15) is 62.6 Å². The minimum Gasteiger partial charge on any atom is -0.508 e. The number of carboxylic acid groups (broad SMARTS) is 1. The third-order valence-corrected chi connectivity index (χ3v) is 16.1. The number of nitriles is 1. The van der Waals surface area contributed by atoms with E-state index in [0.29, 0.717) is 60.2 Å². The zero-order valence-corrected chi connectivity index (χ0v) is 49.3. The molecular weight excluding hydrogens is 1190 g/mol. The number of fused-ring (bicyclic) bond motifs is 3. The number of phenols is 1. The molecule has 6 N–H and O–H groups in total. The molecule has 27 heteroatoms. The summed E-state index contributed by atoms with van der Waals surface area (Å²) in [6.45, 7) is 2.64. The van der Waals surface area contributed by atoms with Crippen LogP contribution in [-0.2, 0) is 62.6 Å². The van der Waals surface area contributed by atoms with Crippen molar-refractivity contribution in [3.05, 3.63) is 154 Å². The van der Waals surface area contributed by atoms with Crippen LogP contribution in [0.3, 0.4) is 0 Å². The first-order chi connectivity index (χ1) is 43.9. The lowest BCUT2D eigenvalue weighted by Gasteiger charge is -2.35. The van der Waals surface area contributed by atoms with Gasteiger partial charge in [-0.05, 0) is 65.1 Å². The molecule has 0 spiro atoms. The largest absolute Gasteiger partial charge is 0.508 e. The fraction of sp³-hybridized carbons (Fsp3) is 0.391. The number of benzene rings is 4. The first-order valence-corrected chi connectivity index (χ1v) is 29.6. The lowest BCUT2D eigenvalue weighted by molar-refractivity contribution is -0.135. The van der Waals surface area contributed by atoms with E-state index in [1.807, 2.05) is 18.2 Å². The standard InChI is InChI=1S/C64H66F2N10O15/c65-64(66)31-44(32-67)76(37-64)62(84)52-27-43(61(83)71-52)28-57(80)74-33-41-2-1-3-42(51(41)35-74)34-75-36-53(72-73-75)38-4-6-39(7-5-38)59(81)69-16-15-68-56(79)14-18-87-20-22-89-24-25-90-23-21-88-19-17-70-60(82)40-8-11-47(50(26-40)63(85)86)58-48-12-9-45(77)29-54(48)91-55-30-46(78)10-13-49(55)58/h1-13,26,29-30,36,43-44,48,52,58,78H,14-25,27-28,31,33-35,37H2,(H,68,79)(H,69,81)(H,70,82)(H,71,83)(H,85,86)/t43-,44-,48?,52-,58?/m0/s1. The van der Waals surface area contributed by atoms with E-state index in [-0.39, 0.29) is 125 Å². The van der Waals surface area contributed by atoms with Gasteiger partial charge in [0.25, 0.3) is 17.7 Å². The number of likely N-dealkylation sites (tertiary alicyclic amines) is 1. The molecule has 5 atom stereocenters. The van der Waals surface area contributed by atoms with Crippen molar-refractivity contribution in [3.8, 4) is 28.8 Å². The van der Waals surface area contributed by atoms with Gasteiger partial charge in [-0.25, -0.2) is 18.3 Å². The molecule has 2 saturated heterocycles. The Balaban J connectivity index is 0.542. The molecule has 2 fully saturated rings. The number of amides is 6. The smallest absolute Gasteiger partial charge is 0.336 e. The average molecular weight is 1250 g/mol. The van der Waals surface area contributed by atoms with E-state index in [4.69, 9.17) is 23.7 Å². The van der Waals surface area contributed by atoms with Crippen LogP contribution in [0.25, 0.3) is 11.3 Å². The number of nitrogens with zero attached hydrogens (tertiary/aromatic N) is 6. The Morgan fingerprint density at radius 3 is 2.25 bits per heavy atom. The van der Waals surface area contributed by atoms with Crippen LogP contribution in [0.1, 0.15) is 90.5 Å². The van der Waals surface area contributed by atoms with E-state index in [2.05, 4.69) is 31.6 Å². The van der Waals surface area contributed by atoms with E-state index in [1.165, 1.54) is 36.4 Å². The Morgan fingerprint density at radius 1 is 0.813 bits per heavy atom. The lowest BCUT2D eigenvalue weighted by atomic mass is 9.74. The van der Waals surface area contributed by atoms with Gasteiger partial charge in [-0.2, -0.15) is 5.26 Å². The number of hydrogen-bond donors (Lipinski definition) is 6. The normalized spacial score (nSPS) is 19.3. The van der Waals surface area contributed by atoms with Gasteiger partial charge >= 0.3 is 5.97 Å². The lowest BCUT2D eigenvalue weighted by Crippen LogP contribution is -2.46. The maximum absolute atomic E-state index is 14.0. The van der Waals surface area contributed by atoms with Crippen LogP contribution >= 0.6 is 0 Å². The molecule has 0 radical (unpaired) electrons. The first kappa shape index (κ1) is 64.2. The van der Waals surface area contributed by atoms with Crippen molar-refractivity contribution in [3.63, 3.8) is 0 Å². The van der Waals surface area contributed by atoms with Crippen molar-refractivity contribution < 1.29 is 81.0 Å². The Bertz CT molecular complexity index is 3700. The number of carboxylic acids is 1. The molecule has 5 heterocycles. The van der Waals surface area contributed by atoms with Crippen molar-refractivity contribution in [2.24, 2.45) is 11.8 Å². The van der Waals surface area contributed by atoms with Gasteiger partial charge in [0.05, 0.1) is 83.8 Å². The predicted octanol–water partition coefficient (Wildman–Crippen LogP) is 3.79. The van der Waals surface area contributed by atoms with Crippen LogP contribution in [0.5, 0.6) is 11.5 Å². The van der Waals surface area contributed by atoms with Crippen molar-refractivity contribution in [2.75, 3.05) is 79.0 Å². The van der Waals surface area contributed by atoms with Crippen molar-refractivity contribution >= 4 is 47.2 Å². The molecule has 0 bridgehead atoms. The highest BCUT2D eigenvalue weighted by Crippen LogP contribution is 2.49. The molecule has 4 aromatic carbocycles. The van der Waals surface area contributed by atoms with Crippen LogP contribution in [0.4, 0.5) is 8.78 Å². The number of alkyl halides is 2. The molecule has 10 rings (SSSR count). The van der Waals surface area contributed by atoms with Gasteiger partial charge in [0, 0.05) is 104 Å². The third-order valence-electron chi connectivity index (χ3n) is 16.1. The minimum atomic E-state index is -3.19. The molecule has 1 aromatic heterocycles. The van der Waals surface area contributed by atoms with Gasteiger partial charge in [0.1, 0.15) is 35.0 Å².